The van der Waals surface area contributed by atoms with E-state index in [4.69, 9.17) is 0 Å². The van der Waals surface area contributed by atoms with Gasteiger partial charge in [0.2, 0.25) is 11.9 Å². The Labute approximate surface area is 176 Å². The predicted molar refractivity (Wildman–Crippen MR) is 117 cm³/mol. The molecule has 0 radical (unpaired) electrons. The van der Waals surface area contributed by atoms with Crippen molar-refractivity contribution in [2.45, 2.75) is 65.5 Å². The molecule has 1 saturated carbocycles. The molecule has 8 nitrogen and oxygen atoms in total. The van der Waals surface area contributed by atoms with Gasteiger partial charge in [-0.2, -0.15) is 0 Å². The standard InChI is InChI=1S/C22H31N5O3/c1-4-27-21(30)16-12-8-9-13-17(16)23-22(27)26-25-20(29)18(14(2)3)24-19(28)15-10-6-5-7-11-15/h8-9,12-15,18H,4-7,10-11H2,1-3H3,(H,23,26)(H,24,28)(H,25,29)/t18-/m1/s1. The third kappa shape index (κ3) is 4.80. The van der Waals surface area contributed by atoms with Crippen LogP contribution in [-0.4, -0.2) is 27.4 Å². The highest BCUT2D eigenvalue weighted by atomic mass is 16.2. The SMILES string of the molecule is CCn1c(NNC(=O)[C@H](NC(=O)C2CCCCC2)C(C)C)nc2ccccc2c1=O. The van der Waals surface area contributed by atoms with Crippen molar-refractivity contribution in [3.8, 4) is 0 Å². The number of rotatable bonds is 7. The summed E-state index contributed by atoms with van der Waals surface area (Å²) in [5.41, 5.74) is 5.79. The molecular weight excluding hydrogens is 382 g/mol. The molecule has 0 spiro atoms. The Morgan fingerprint density at radius 1 is 1.17 bits per heavy atom. The molecule has 1 aromatic carbocycles. The van der Waals surface area contributed by atoms with E-state index in [2.05, 4.69) is 21.2 Å². The number of aromatic nitrogens is 2. The number of carbonyl (C=O) groups excluding carboxylic acids is 2. The van der Waals surface area contributed by atoms with Crippen LogP contribution in [0.15, 0.2) is 29.1 Å². The van der Waals surface area contributed by atoms with Crippen LogP contribution in [0.2, 0.25) is 0 Å². The van der Waals surface area contributed by atoms with E-state index < -0.39 is 6.04 Å². The van der Waals surface area contributed by atoms with Gasteiger partial charge in [0, 0.05) is 12.5 Å². The molecule has 1 atom stereocenters. The second kappa shape index (κ2) is 9.73. The summed E-state index contributed by atoms with van der Waals surface area (Å²) in [5.74, 6) is -0.266. The van der Waals surface area contributed by atoms with Crippen molar-refractivity contribution >= 4 is 28.7 Å². The van der Waals surface area contributed by atoms with Crippen LogP contribution >= 0.6 is 0 Å². The highest BCUT2D eigenvalue weighted by Crippen LogP contribution is 2.24. The average Bonchev–Trinajstić information content (AvgIpc) is 2.76. The van der Waals surface area contributed by atoms with E-state index in [0.29, 0.717) is 17.4 Å². The molecule has 1 heterocycles. The summed E-state index contributed by atoms with van der Waals surface area (Å²) in [4.78, 5) is 42.6. The highest BCUT2D eigenvalue weighted by Gasteiger charge is 2.28. The fraction of sp³-hybridized carbons (Fsp3) is 0.545. The number of para-hydroxylation sites is 1. The number of carbonyl (C=O) groups is 2. The fourth-order valence-electron chi connectivity index (χ4n) is 3.92. The van der Waals surface area contributed by atoms with Crippen LogP contribution in [0, 0.1) is 11.8 Å². The first-order chi connectivity index (χ1) is 14.4. The summed E-state index contributed by atoms with van der Waals surface area (Å²) in [6, 6.07) is 6.42. The van der Waals surface area contributed by atoms with Crippen LogP contribution < -0.4 is 21.7 Å². The lowest BCUT2D eigenvalue weighted by Crippen LogP contribution is -2.52. The van der Waals surface area contributed by atoms with Gasteiger partial charge in [-0.1, -0.05) is 45.2 Å². The summed E-state index contributed by atoms with van der Waals surface area (Å²) in [5, 5.41) is 3.44. The summed E-state index contributed by atoms with van der Waals surface area (Å²) < 4.78 is 1.47. The number of hydrazine groups is 1. The maximum atomic E-state index is 12.8. The van der Waals surface area contributed by atoms with Crippen molar-refractivity contribution in [3.63, 3.8) is 0 Å². The zero-order valence-electron chi connectivity index (χ0n) is 17.9. The Bertz CT molecular complexity index is 963. The molecule has 0 unspecified atom stereocenters. The van der Waals surface area contributed by atoms with Crippen molar-refractivity contribution in [2.75, 3.05) is 5.43 Å². The van der Waals surface area contributed by atoms with Crippen LogP contribution in [0.1, 0.15) is 52.9 Å². The zero-order valence-corrected chi connectivity index (χ0v) is 17.9. The third-order valence-electron chi connectivity index (χ3n) is 5.70. The molecule has 1 fully saturated rings. The van der Waals surface area contributed by atoms with E-state index in [1.165, 1.54) is 11.0 Å². The van der Waals surface area contributed by atoms with Crippen molar-refractivity contribution in [1.29, 1.82) is 0 Å². The molecule has 3 N–H and O–H groups in total. The number of anilines is 1. The summed E-state index contributed by atoms with van der Waals surface area (Å²) in [6.45, 7) is 6.02. The largest absolute Gasteiger partial charge is 0.344 e. The van der Waals surface area contributed by atoms with E-state index in [9.17, 15) is 14.4 Å². The molecule has 3 rings (SSSR count). The lowest BCUT2D eigenvalue weighted by Gasteiger charge is -2.26. The molecule has 8 heteroatoms. The number of amides is 2. The molecule has 2 amide bonds. The first kappa shape index (κ1) is 21.8. The van der Waals surface area contributed by atoms with Crippen molar-refractivity contribution in [1.82, 2.24) is 20.3 Å². The van der Waals surface area contributed by atoms with Gasteiger partial charge in [-0.05, 0) is 37.8 Å². The highest BCUT2D eigenvalue weighted by molar-refractivity contribution is 5.89. The minimum absolute atomic E-state index is 0.0202. The van der Waals surface area contributed by atoms with E-state index >= 15 is 0 Å². The molecule has 0 saturated heterocycles. The first-order valence-corrected chi connectivity index (χ1v) is 10.8. The molecule has 1 aliphatic carbocycles. The minimum atomic E-state index is -0.672. The maximum Gasteiger partial charge on any atom is 0.262 e. The Kier molecular flexibility index (Phi) is 7.07. The van der Waals surface area contributed by atoms with E-state index in [1.54, 1.807) is 18.2 Å². The molecule has 1 aromatic heterocycles. The van der Waals surface area contributed by atoms with Crippen molar-refractivity contribution < 1.29 is 9.59 Å². The Hall–Kier alpha value is -2.90. The lowest BCUT2D eigenvalue weighted by molar-refractivity contribution is -0.132. The summed E-state index contributed by atoms with van der Waals surface area (Å²) in [6.07, 6.45) is 5.03. The Balaban J connectivity index is 1.72. The van der Waals surface area contributed by atoms with Crippen molar-refractivity contribution in [2.24, 2.45) is 11.8 Å². The third-order valence-corrected chi connectivity index (χ3v) is 5.70. The molecule has 1 aliphatic rings. The minimum Gasteiger partial charge on any atom is -0.344 e. The second-order valence-corrected chi connectivity index (χ2v) is 8.18. The number of nitrogens with zero attached hydrogens (tertiary/aromatic N) is 2. The van der Waals surface area contributed by atoms with Gasteiger partial charge in [-0.15, -0.1) is 0 Å². The van der Waals surface area contributed by atoms with Gasteiger partial charge < -0.3 is 5.32 Å². The van der Waals surface area contributed by atoms with Crippen LogP contribution in [0.5, 0.6) is 0 Å². The van der Waals surface area contributed by atoms with Gasteiger partial charge in [-0.3, -0.25) is 29.8 Å². The van der Waals surface area contributed by atoms with Crippen LogP contribution in [-0.2, 0) is 16.1 Å². The van der Waals surface area contributed by atoms with Gasteiger partial charge in [-0.25, -0.2) is 4.98 Å². The van der Waals surface area contributed by atoms with E-state index in [-0.39, 0.29) is 35.2 Å². The average molecular weight is 414 g/mol. The number of benzene rings is 1. The summed E-state index contributed by atoms with van der Waals surface area (Å²) in [7, 11) is 0. The van der Waals surface area contributed by atoms with Gasteiger partial charge in [0.25, 0.3) is 11.5 Å². The normalized spacial score (nSPS) is 15.7. The Morgan fingerprint density at radius 3 is 2.53 bits per heavy atom. The van der Waals surface area contributed by atoms with Gasteiger partial charge in [0.1, 0.15) is 6.04 Å². The van der Waals surface area contributed by atoms with Crippen LogP contribution in [0.4, 0.5) is 5.95 Å². The fourth-order valence-corrected chi connectivity index (χ4v) is 3.92. The number of fused-ring (bicyclic) bond motifs is 1. The molecule has 162 valence electrons. The Morgan fingerprint density at radius 2 is 1.87 bits per heavy atom. The topological polar surface area (TPSA) is 105 Å². The smallest absolute Gasteiger partial charge is 0.262 e. The number of nitrogens with one attached hydrogen (secondary N) is 3. The molecule has 2 aromatic rings. The molecule has 0 aliphatic heterocycles. The second-order valence-electron chi connectivity index (χ2n) is 8.18. The van der Waals surface area contributed by atoms with Gasteiger partial charge in [0.05, 0.1) is 10.9 Å². The van der Waals surface area contributed by atoms with Gasteiger partial charge in [0.15, 0.2) is 0 Å². The molecule has 0 bridgehead atoms. The number of hydrogen-bond donors (Lipinski definition) is 3. The van der Waals surface area contributed by atoms with Crippen LogP contribution in [0.25, 0.3) is 10.9 Å². The monoisotopic (exact) mass is 413 g/mol. The van der Waals surface area contributed by atoms with E-state index in [1.807, 2.05) is 26.8 Å². The van der Waals surface area contributed by atoms with E-state index in [0.717, 1.165) is 25.7 Å². The lowest BCUT2D eigenvalue weighted by atomic mass is 9.88. The molecular formula is C22H31N5O3. The first-order valence-electron chi connectivity index (χ1n) is 10.8. The molecule has 30 heavy (non-hydrogen) atoms. The summed E-state index contributed by atoms with van der Waals surface area (Å²) >= 11 is 0. The predicted octanol–water partition coefficient (Wildman–Crippen LogP) is 2.58. The number of hydrogen-bond acceptors (Lipinski definition) is 5. The zero-order chi connectivity index (χ0) is 21.7. The maximum absolute atomic E-state index is 12.8. The van der Waals surface area contributed by atoms with Gasteiger partial charge >= 0.3 is 0 Å². The quantitative estimate of drug-likeness (QED) is 0.605. The van der Waals surface area contributed by atoms with Crippen LogP contribution in [0.3, 0.4) is 0 Å². The van der Waals surface area contributed by atoms with Crippen molar-refractivity contribution in [3.05, 3.63) is 34.6 Å².